The molecule has 0 spiro atoms. The Hall–Kier alpha value is -1.21. The summed E-state index contributed by atoms with van der Waals surface area (Å²) in [6.07, 6.45) is 0. The molecule has 25 heavy (non-hydrogen) atoms. The maximum absolute atomic E-state index is 5.77. The fourth-order valence-corrected chi connectivity index (χ4v) is 3.11. The molecule has 125 valence electrons. The van der Waals surface area contributed by atoms with Crippen LogP contribution in [0.2, 0.25) is 0 Å². The van der Waals surface area contributed by atoms with Crippen LogP contribution in [0.3, 0.4) is 0 Å². The van der Waals surface area contributed by atoms with Crippen LogP contribution in [-0.4, -0.2) is 0 Å². The van der Waals surface area contributed by atoms with Crippen molar-refractivity contribution in [2.75, 3.05) is 0 Å². The van der Waals surface area contributed by atoms with Gasteiger partial charge in [-0.3, -0.25) is 0 Å². The van der Waals surface area contributed by atoms with Gasteiger partial charge in [0, 0.05) is 0 Å². The standard InChI is InChI=1S/C21H17O.2ClH.Zr/c1-14-8-10-17-12-18(20-11-9-15(2)22-20)13-19(17)21(14)16-6-4-3-5-7-16;;;/h3-13H,1-2H3;2*1H;/q-1;;;+3/p-2. The summed E-state index contributed by atoms with van der Waals surface area (Å²) in [4.78, 5) is 0. The minimum atomic E-state index is 0. The van der Waals surface area contributed by atoms with E-state index >= 15 is 0 Å². The van der Waals surface area contributed by atoms with Crippen molar-refractivity contribution < 1.29 is 55.4 Å². The van der Waals surface area contributed by atoms with E-state index in [0.29, 0.717) is 0 Å². The molecular formula is C21H17Cl2OZr. The molecular weight excluding hydrogens is 430 g/mol. The summed E-state index contributed by atoms with van der Waals surface area (Å²) in [6, 6.07) is 23.5. The van der Waals surface area contributed by atoms with Crippen LogP contribution in [0.1, 0.15) is 11.3 Å². The van der Waals surface area contributed by atoms with Gasteiger partial charge in [-0.15, -0.1) is 29.0 Å². The molecule has 1 aromatic heterocycles. The molecule has 3 aromatic carbocycles. The van der Waals surface area contributed by atoms with Crippen molar-refractivity contribution in [3.05, 3.63) is 78.1 Å². The Kier molecular flexibility index (Phi) is 7.81. The van der Waals surface area contributed by atoms with E-state index in [4.69, 9.17) is 4.42 Å². The van der Waals surface area contributed by atoms with Crippen LogP contribution in [0.5, 0.6) is 0 Å². The molecule has 4 rings (SSSR count). The molecule has 0 saturated carbocycles. The zero-order valence-electron chi connectivity index (χ0n) is 14.0. The van der Waals surface area contributed by atoms with Gasteiger partial charge in [-0.05, 0) is 37.1 Å². The number of hydrogen-bond acceptors (Lipinski definition) is 1. The molecule has 0 aliphatic rings. The second-order valence-corrected chi connectivity index (χ2v) is 5.78. The average molecular weight is 447 g/mol. The summed E-state index contributed by atoms with van der Waals surface area (Å²) in [5, 5.41) is 2.55. The third kappa shape index (κ3) is 4.14. The Morgan fingerprint density at radius 1 is 0.840 bits per heavy atom. The van der Waals surface area contributed by atoms with Crippen LogP contribution in [-0.2, 0) is 26.2 Å². The van der Waals surface area contributed by atoms with Crippen molar-refractivity contribution >= 4 is 10.8 Å². The van der Waals surface area contributed by atoms with Crippen molar-refractivity contribution in [2.24, 2.45) is 0 Å². The average Bonchev–Trinajstić information content (AvgIpc) is 3.14. The Morgan fingerprint density at radius 3 is 2.20 bits per heavy atom. The monoisotopic (exact) mass is 445 g/mol. The number of rotatable bonds is 2. The first-order valence-electron chi connectivity index (χ1n) is 7.54. The second-order valence-electron chi connectivity index (χ2n) is 5.78. The van der Waals surface area contributed by atoms with Gasteiger partial charge in [0.2, 0.25) is 0 Å². The number of aryl methyl sites for hydroxylation is 2. The van der Waals surface area contributed by atoms with E-state index in [1.807, 2.05) is 19.1 Å². The van der Waals surface area contributed by atoms with Crippen LogP contribution in [0.25, 0.3) is 33.2 Å². The molecule has 0 fully saturated rings. The first kappa shape index (κ1) is 21.8. The summed E-state index contributed by atoms with van der Waals surface area (Å²) in [7, 11) is 0. The first-order chi connectivity index (χ1) is 10.7. The Balaban J connectivity index is 0.00000104. The fourth-order valence-electron chi connectivity index (χ4n) is 3.11. The summed E-state index contributed by atoms with van der Waals surface area (Å²) in [5.41, 5.74) is 5.02. The van der Waals surface area contributed by atoms with Crippen LogP contribution < -0.4 is 24.8 Å². The van der Waals surface area contributed by atoms with Crippen molar-refractivity contribution in [1.82, 2.24) is 0 Å². The minimum absolute atomic E-state index is 0. The summed E-state index contributed by atoms with van der Waals surface area (Å²) in [5.74, 6) is 1.88. The quantitative estimate of drug-likeness (QED) is 0.398. The first-order valence-corrected chi connectivity index (χ1v) is 7.54. The van der Waals surface area contributed by atoms with E-state index in [2.05, 4.69) is 61.5 Å². The summed E-state index contributed by atoms with van der Waals surface area (Å²) >= 11 is 0. The summed E-state index contributed by atoms with van der Waals surface area (Å²) < 4.78 is 5.77. The molecule has 0 atom stereocenters. The summed E-state index contributed by atoms with van der Waals surface area (Å²) in [6.45, 7) is 4.15. The zero-order chi connectivity index (χ0) is 15.1. The Bertz CT molecular complexity index is 955. The number of fused-ring (bicyclic) bond motifs is 1. The molecule has 0 bridgehead atoms. The Labute approximate surface area is 179 Å². The molecule has 4 aromatic rings. The third-order valence-corrected chi connectivity index (χ3v) is 4.19. The van der Waals surface area contributed by atoms with Crippen LogP contribution >= 0.6 is 0 Å². The largest absolute Gasteiger partial charge is 3.00 e. The molecule has 4 heteroatoms. The van der Waals surface area contributed by atoms with Gasteiger partial charge in [-0.2, -0.15) is 0 Å². The fraction of sp³-hybridized carbons (Fsp3) is 0.0952. The molecule has 0 unspecified atom stereocenters. The minimum Gasteiger partial charge on any atom is -1.00 e. The predicted octanol–water partition coefficient (Wildman–Crippen LogP) is 0.108. The van der Waals surface area contributed by atoms with E-state index < -0.39 is 0 Å². The van der Waals surface area contributed by atoms with Crippen LogP contribution in [0.4, 0.5) is 0 Å². The van der Waals surface area contributed by atoms with E-state index in [0.717, 1.165) is 17.1 Å². The maximum atomic E-state index is 5.77. The van der Waals surface area contributed by atoms with Gasteiger partial charge >= 0.3 is 26.2 Å². The molecule has 0 aliphatic carbocycles. The predicted molar refractivity (Wildman–Crippen MR) is 92.2 cm³/mol. The van der Waals surface area contributed by atoms with Gasteiger partial charge in [0.15, 0.2) is 0 Å². The van der Waals surface area contributed by atoms with Gasteiger partial charge in [-0.25, -0.2) is 0 Å². The number of furan rings is 1. The van der Waals surface area contributed by atoms with Crippen LogP contribution in [0, 0.1) is 13.8 Å². The number of benzene rings is 2. The van der Waals surface area contributed by atoms with Crippen molar-refractivity contribution in [1.29, 1.82) is 0 Å². The molecule has 0 aliphatic heterocycles. The maximum Gasteiger partial charge on any atom is 3.00 e. The van der Waals surface area contributed by atoms with E-state index in [1.54, 1.807) is 0 Å². The smallest absolute Gasteiger partial charge is 1.00 e. The third-order valence-electron chi connectivity index (χ3n) is 4.19. The number of halogens is 2. The van der Waals surface area contributed by atoms with Gasteiger partial charge in [-0.1, -0.05) is 47.5 Å². The van der Waals surface area contributed by atoms with Gasteiger partial charge < -0.3 is 29.2 Å². The molecule has 0 N–H and O–H groups in total. The SMILES string of the molecule is Cc1ccc(-c2cc3c(-c4ccccc4)c(C)ccc3[cH-]2)o1.[Cl-].[Cl-].[Zr+3]. The van der Waals surface area contributed by atoms with E-state index in [-0.39, 0.29) is 51.0 Å². The molecule has 1 heterocycles. The Morgan fingerprint density at radius 2 is 1.56 bits per heavy atom. The van der Waals surface area contributed by atoms with Gasteiger partial charge in [0.1, 0.15) is 0 Å². The van der Waals surface area contributed by atoms with E-state index in [9.17, 15) is 0 Å². The normalized spacial score (nSPS) is 9.84. The molecule has 1 radical (unpaired) electrons. The second kappa shape index (κ2) is 8.94. The van der Waals surface area contributed by atoms with E-state index in [1.165, 1.54) is 27.5 Å². The zero-order valence-corrected chi connectivity index (χ0v) is 18.0. The topological polar surface area (TPSA) is 13.1 Å². The van der Waals surface area contributed by atoms with Gasteiger partial charge in [0.05, 0.1) is 11.5 Å². The van der Waals surface area contributed by atoms with Crippen molar-refractivity contribution in [2.45, 2.75) is 13.8 Å². The van der Waals surface area contributed by atoms with Crippen molar-refractivity contribution in [3.8, 4) is 22.5 Å². The van der Waals surface area contributed by atoms with Gasteiger partial charge in [0.25, 0.3) is 0 Å². The number of hydrogen-bond donors (Lipinski definition) is 0. The van der Waals surface area contributed by atoms with Crippen molar-refractivity contribution in [3.63, 3.8) is 0 Å². The molecule has 1 nitrogen and oxygen atoms in total. The van der Waals surface area contributed by atoms with Crippen LogP contribution in [0.15, 0.2) is 71.1 Å². The molecule has 0 saturated heterocycles. The molecule has 0 amide bonds.